The number of benzene rings is 4. The fourth-order valence-electron chi connectivity index (χ4n) is 3.82. The molecule has 6 aromatic rings. The normalized spacial score (nSPS) is 9.48. The Labute approximate surface area is 277 Å². The summed E-state index contributed by atoms with van der Waals surface area (Å²) in [4.78, 5) is 0. The van der Waals surface area contributed by atoms with E-state index in [2.05, 4.69) is 175 Å². The first-order chi connectivity index (χ1) is 20.0. The summed E-state index contributed by atoms with van der Waals surface area (Å²) < 4.78 is 0. The summed E-state index contributed by atoms with van der Waals surface area (Å²) in [6.07, 6.45) is 4.56. The number of hydrogen-bond donors (Lipinski definition) is 0. The van der Waals surface area contributed by atoms with Crippen molar-refractivity contribution in [2.24, 2.45) is 0 Å². The molecule has 0 aliphatic heterocycles. The van der Waals surface area contributed by atoms with Crippen molar-refractivity contribution < 1.29 is 26.2 Å². The van der Waals surface area contributed by atoms with Gasteiger partial charge in [0.05, 0.1) is 0 Å². The van der Waals surface area contributed by atoms with Gasteiger partial charge in [-0.3, -0.25) is 0 Å². The molecule has 2 heteroatoms. The Bertz CT molecular complexity index is 1280. The number of aryl methyl sites for hydroxylation is 2. The number of unbranched alkanes of at least 4 members (excludes halogenated alkanes) is 2. The summed E-state index contributed by atoms with van der Waals surface area (Å²) in [6.45, 7) is 15.7. The van der Waals surface area contributed by atoms with E-state index < -0.39 is 0 Å². The predicted octanol–water partition coefficient (Wildman–Crippen LogP) is 10.3. The summed E-state index contributed by atoms with van der Waals surface area (Å²) >= 11 is 0. The summed E-state index contributed by atoms with van der Waals surface area (Å²) in [7, 11) is 0.777. The molecule has 0 atom stereocenters. The van der Waals surface area contributed by atoms with Crippen molar-refractivity contribution >= 4 is 41.4 Å². The van der Waals surface area contributed by atoms with E-state index in [1.54, 1.807) is 0 Å². The summed E-state index contributed by atoms with van der Waals surface area (Å²) in [6, 6.07) is 46.8. The number of hydrogen-bond acceptors (Lipinski definition) is 0. The molecule has 0 aliphatic carbocycles. The Hall–Kier alpha value is -2.80. The van der Waals surface area contributed by atoms with E-state index in [0.717, 1.165) is 22.4 Å². The van der Waals surface area contributed by atoms with Crippen LogP contribution in [0.5, 0.6) is 0 Å². The molecule has 0 unspecified atom stereocenters. The van der Waals surface area contributed by atoms with Crippen LogP contribution in [0.2, 0.25) is 0 Å². The van der Waals surface area contributed by atoms with Crippen molar-refractivity contribution in [3.63, 3.8) is 0 Å². The Morgan fingerprint density at radius 2 is 0.833 bits per heavy atom. The van der Waals surface area contributed by atoms with Gasteiger partial charge in [0.15, 0.2) is 0 Å². The van der Waals surface area contributed by atoms with Crippen LogP contribution in [0.1, 0.15) is 50.7 Å². The van der Waals surface area contributed by atoms with Gasteiger partial charge in [-0.25, -0.2) is 0 Å². The largest absolute Gasteiger partial charge is 4.00 e. The van der Waals surface area contributed by atoms with Crippen LogP contribution in [0.3, 0.4) is 0 Å². The average molecular weight is 646 g/mol. The van der Waals surface area contributed by atoms with Gasteiger partial charge in [-0.15, -0.1) is 81.2 Å². The van der Waals surface area contributed by atoms with Crippen LogP contribution in [-0.4, -0.2) is 9.52 Å². The van der Waals surface area contributed by atoms with Gasteiger partial charge in [0.2, 0.25) is 0 Å². The minimum absolute atomic E-state index is 0. The Morgan fingerprint density at radius 3 is 1.14 bits per heavy atom. The van der Waals surface area contributed by atoms with Crippen LogP contribution in [0, 0.1) is 27.7 Å². The molecule has 0 aromatic heterocycles. The van der Waals surface area contributed by atoms with E-state index in [1.807, 2.05) is 0 Å². The van der Waals surface area contributed by atoms with Crippen molar-refractivity contribution in [3.8, 4) is 0 Å². The van der Waals surface area contributed by atoms with E-state index in [4.69, 9.17) is 0 Å². The van der Waals surface area contributed by atoms with Gasteiger partial charge in [0.1, 0.15) is 9.52 Å². The zero-order valence-corrected chi connectivity index (χ0v) is 29.4. The maximum atomic E-state index is 3.60. The monoisotopic (exact) mass is 644 g/mol. The van der Waals surface area contributed by atoms with Gasteiger partial charge in [-0.1, -0.05) is 124 Å². The number of fused-ring (bicyclic) bond motifs is 2. The van der Waals surface area contributed by atoms with Crippen molar-refractivity contribution in [1.82, 2.24) is 0 Å². The van der Waals surface area contributed by atoms with E-state index in [1.165, 1.54) is 55.9 Å². The first-order valence-corrected chi connectivity index (χ1v) is 15.7. The van der Waals surface area contributed by atoms with Crippen molar-refractivity contribution in [1.29, 1.82) is 0 Å². The van der Waals surface area contributed by atoms with Crippen molar-refractivity contribution in [2.45, 2.75) is 53.4 Å². The second kappa shape index (κ2) is 22.8. The van der Waals surface area contributed by atoms with Crippen LogP contribution in [0.4, 0.5) is 0 Å². The fraction of sp³-hybridized carbons (Fsp3) is 0.200. The molecule has 214 valence electrons. The standard InChI is InChI=1S/C12H10Si.2C10H9.2C4H9.Zr/c1-3-7-11(8-4-1)13-12-9-5-2-6-10-12;2*1-8-6-9-4-2-3-5-10(9)7-8;2*1-3-4-2;/h1-10H;2*2-7H,1H3;2*1,3-4H2,2H3;/q;4*-1;+4. The maximum absolute atomic E-state index is 3.60. The Kier molecular flexibility index (Phi) is 20.2. The van der Waals surface area contributed by atoms with Gasteiger partial charge in [0.25, 0.3) is 0 Å². The van der Waals surface area contributed by atoms with E-state index in [-0.39, 0.29) is 26.2 Å². The Balaban J connectivity index is 0.000000279. The third kappa shape index (κ3) is 14.9. The zero-order valence-electron chi connectivity index (χ0n) is 25.9. The zero-order chi connectivity index (χ0) is 29.7. The molecule has 0 nitrogen and oxygen atoms in total. The van der Waals surface area contributed by atoms with Crippen LogP contribution in [0.15, 0.2) is 133 Å². The smallest absolute Gasteiger partial charge is 0.343 e. The van der Waals surface area contributed by atoms with Crippen LogP contribution < -0.4 is 10.4 Å². The average Bonchev–Trinajstić information content (AvgIpc) is 3.59. The maximum Gasteiger partial charge on any atom is 4.00 e. The molecular weight excluding hydrogens is 600 g/mol. The summed E-state index contributed by atoms with van der Waals surface area (Å²) in [5, 5.41) is 8.18. The molecule has 0 spiro atoms. The molecule has 0 saturated carbocycles. The van der Waals surface area contributed by atoms with Crippen LogP contribution in [0.25, 0.3) is 21.5 Å². The third-order valence-corrected chi connectivity index (χ3v) is 7.31. The summed E-state index contributed by atoms with van der Waals surface area (Å²) in [5.41, 5.74) is 2.70. The van der Waals surface area contributed by atoms with Gasteiger partial charge in [0, 0.05) is 0 Å². The molecular formula is C40H46SiZr. The van der Waals surface area contributed by atoms with E-state index >= 15 is 0 Å². The van der Waals surface area contributed by atoms with Gasteiger partial charge in [-0.05, 0) is 0 Å². The topological polar surface area (TPSA) is 0 Å². The van der Waals surface area contributed by atoms with Gasteiger partial charge in [-0.2, -0.15) is 25.0 Å². The molecule has 0 N–H and O–H groups in total. The third-order valence-electron chi connectivity index (χ3n) is 6.07. The van der Waals surface area contributed by atoms with E-state index in [9.17, 15) is 0 Å². The molecule has 0 saturated heterocycles. The van der Waals surface area contributed by atoms with Crippen molar-refractivity contribution in [3.05, 3.63) is 158 Å². The molecule has 6 rings (SSSR count). The molecule has 0 bridgehead atoms. The minimum Gasteiger partial charge on any atom is -0.343 e. The Morgan fingerprint density at radius 1 is 0.524 bits per heavy atom. The summed E-state index contributed by atoms with van der Waals surface area (Å²) in [5.74, 6) is 0. The fourth-order valence-corrected chi connectivity index (χ4v) is 4.87. The minimum atomic E-state index is 0. The number of rotatable bonds is 4. The quantitative estimate of drug-likeness (QED) is 0.132. The molecule has 0 amide bonds. The molecule has 6 aromatic carbocycles. The molecule has 2 radical (unpaired) electrons. The van der Waals surface area contributed by atoms with Crippen LogP contribution >= 0.6 is 0 Å². The van der Waals surface area contributed by atoms with Crippen molar-refractivity contribution in [2.75, 3.05) is 0 Å². The van der Waals surface area contributed by atoms with Crippen LogP contribution in [-0.2, 0) is 26.2 Å². The second-order valence-electron chi connectivity index (χ2n) is 9.89. The molecule has 42 heavy (non-hydrogen) atoms. The molecule has 0 aliphatic rings. The van der Waals surface area contributed by atoms with E-state index in [0.29, 0.717) is 0 Å². The second-order valence-corrected chi connectivity index (χ2v) is 11.3. The molecule has 0 heterocycles. The molecule has 0 fully saturated rings. The first-order valence-electron chi connectivity index (χ1n) is 14.7. The predicted molar refractivity (Wildman–Crippen MR) is 187 cm³/mol. The van der Waals surface area contributed by atoms with Gasteiger partial charge < -0.3 is 13.8 Å². The SMILES string of the molecule is Cc1cc2ccccc2[cH-]1.Cc1cc2ccccc2[cH-]1.[CH2-]CCC.[CH2-]CCC.[Zr+4].c1ccc([Si]c2ccccc2)cc1. The van der Waals surface area contributed by atoms with Gasteiger partial charge >= 0.3 is 26.2 Å². The first kappa shape index (κ1) is 37.2.